The average molecular weight is 329 g/mol. The molecule has 128 valence electrons. The summed E-state index contributed by atoms with van der Waals surface area (Å²) in [5.74, 6) is -0.0650. The quantitative estimate of drug-likeness (QED) is 0.821. The molecule has 0 saturated heterocycles. The summed E-state index contributed by atoms with van der Waals surface area (Å²) in [6, 6.07) is 11.2. The van der Waals surface area contributed by atoms with Gasteiger partial charge in [0.2, 0.25) is 0 Å². The van der Waals surface area contributed by atoms with Gasteiger partial charge in [-0.2, -0.15) is 0 Å². The molecule has 1 N–H and O–H groups in total. The van der Waals surface area contributed by atoms with E-state index in [0.717, 1.165) is 5.76 Å². The molecule has 0 aliphatic rings. The summed E-state index contributed by atoms with van der Waals surface area (Å²) in [5, 5.41) is 2.71. The van der Waals surface area contributed by atoms with Crippen LogP contribution < -0.4 is 5.32 Å². The van der Waals surface area contributed by atoms with E-state index < -0.39 is 5.97 Å². The monoisotopic (exact) mass is 329 g/mol. The van der Waals surface area contributed by atoms with E-state index in [1.165, 1.54) is 5.56 Å². The molecule has 24 heavy (non-hydrogen) atoms. The highest BCUT2D eigenvalue weighted by Gasteiger charge is 2.13. The van der Waals surface area contributed by atoms with Crippen molar-refractivity contribution in [3.8, 4) is 0 Å². The molecule has 2 rings (SSSR count). The fourth-order valence-electron chi connectivity index (χ4n) is 2.15. The van der Waals surface area contributed by atoms with Gasteiger partial charge in [0.05, 0.1) is 12.7 Å². The molecular weight excluding hydrogens is 306 g/mol. The average Bonchev–Trinajstić information content (AvgIpc) is 3.04. The Hall–Kier alpha value is -2.56. The standard InChI is InChI=1S/C19H23NO4/c1-19(2,3)14-6-8-15(9-7-14)20-17(21)13-24-18(22)11-10-16-5-4-12-23-16/h4-9,12H,10-11,13H2,1-3H3,(H,20,21). The van der Waals surface area contributed by atoms with Crippen LogP contribution in [0.5, 0.6) is 0 Å². The topological polar surface area (TPSA) is 68.5 Å². The van der Waals surface area contributed by atoms with Crippen molar-refractivity contribution in [1.29, 1.82) is 0 Å². The van der Waals surface area contributed by atoms with Gasteiger partial charge in [0.15, 0.2) is 6.61 Å². The molecule has 1 heterocycles. The minimum Gasteiger partial charge on any atom is -0.469 e. The number of hydrogen-bond donors (Lipinski definition) is 1. The van der Waals surface area contributed by atoms with Gasteiger partial charge < -0.3 is 14.5 Å². The SMILES string of the molecule is CC(C)(C)c1ccc(NC(=O)COC(=O)CCc2ccco2)cc1. The van der Waals surface area contributed by atoms with Crippen LogP contribution in [0.25, 0.3) is 0 Å². The predicted molar refractivity (Wildman–Crippen MR) is 91.8 cm³/mol. The minimum atomic E-state index is -0.426. The Morgan fingerprint density at radius 1 is 1.12 bits per heavy atom. The molecule has 0 saturated carbocycles. The second kappa shape index (κ2) is 7.81. The summed E-state index contributed by atoms with van der Waals surface area (Å²) < 4.78 is 10.1. The Morgan fingerprint density at radius 2 is 1.83 bits per heavy atom. The lowest BCUT2D eigenvalue weighted by Gasteiger charge is -2.19. The molecule has 2 aromatic rings. The molecule has 0 fully saturated rings. The van der Waals surface area contributed by atoms with E-state index >= 15 is 0 Å². The molecular formula is C19H23NO4. The van der Waals surface area contributed by atoms with Crippen LogP contribution in [0.1, 0.15) is 38.5 Å². The van der Waals surface area contributed by atoms with Gasteiger partial charge in [0.1, 0.15) is 5.76 Å². The number of furan rings is 1. The van der Waals surface area contributed by atoms with Crippen LogP contribution in [0.3, 0.4) is 0 Å². The van der Waals surface area contributed by atoms with Gasteiger partial charge in [0.25, 0.3) is 5.91 Å². The molecule has 5 nitrogen and oxygen atoms in total. The summed E-state index contributed by atoms with van der Waals surface area (Å²) in [6.45, 7) is 6.09. The number of esters is 1. The van der Waals surface area contributed by atoms with Crippen molar-refractivity contribution in [3.05, 3.63) is 54.0 Å². The zero-order valence-electron chi connectivity index (χ0n) is 14.3. The highest BCUT2D eigenvalue weighted by atomic mass is 16.5. The predicted octanol–water partition coefficient (Wildman–Crippen LogP) is 3.69. The number of hydrogen-bond acceptors (Lipinski definition) is 4. The van der Waals surface area contributed by atoms with Crippen LogP contribution in [0.2, 0.25) is 0 Å². The lowest BCUT2D eigenvalue weighted by Crippen LogP contribution is -2.21. The van der Waals surface area contributed by atoms with Crippen molar-refractivity contribution < 1.29 is 18.7 Å². The molecule has 1 aromatic heterocycles. The molecule has 0 unspecified atom stereocenters. The summed E-state index contributed by atoms with van der Waals surface area (Å²) >= 11 is 0. The third-order valence-electron chi connectivity index (χ3n) is 3.55. The molecule has 1 amide bonds. The highest BCUT2D eigenvalue weighted by molar-refractivity contribution is 5.92. The molecule has 0 aliphatic carbocycles. The van der Waals surface area contributed by atoms with Crippen LogP contribution >= 0.6 is 0 Å². The molecule has 0 atom stereocenters. The Morgan fingerprint density at radius 3 is 2.42 bits per heavy atom. The van der Waals surface area contributed by atoms with Gasteiger partial charge in [-0.15, -0.1) is 0 Å². The molecule has 0 bridgehead atoms. The molecule has 5 heteroatoms. The summed E-state index contributed by atoms with van der Waals surface area (Å²) in [4.78, 5) is 23.4. The normalized spacial score (nSPS) is 11.1. The Bertz CT molecular complexity index is 666. The largest absolute Gasteiger partial charge is 0.469 e. The number of rotatable bonds is 6. The van der Waals surface area contributed by atoms with Gasteiger partial charge >= 0.3 is 5.97 Å². The van der Waals surface area contributed by atoms with Gasteiger partial charge in [-0.25, -0.2) is 0 Å². The fourth-order valence-corrected chi connectivity index (χ4v) is 2.15. The number of amides is 1. The smallest absolute Gasteiger partial charge is 0.306 e. The summed E-state index contributed by atoms with van der Waals surface area (Å²) in [5.41, 5.74) is 1.93. The van der Waals surface area contributed by atoms with E-state index in [1.54, 1.807) is 18.4 Å². The number of ether oxygens (including phenoxy) is 1. The first-order valence-corrected chi connectivity index (χ1v) is 7.93. The first-order valence-electron chi connectivity index (χ1n) is 7.93. The Labute approximate surface area is 142 Å². The zero-order chi connectivity index (χ0) is 17.6. The first-order chi connectivity index (χ1) is 11.3. The van der Waals surface area contributed by atoms with E-state index in [9.17, 15) is 9.59 Å². The van der Waals surface area contributed by atoms with Crippen LogP contribution in [-0.2, 0) is 26.2 Å². The van der Waals surface area contributed by atoms with Crippen LogP contribution in [-0.4, -0.2) is 18.5 Å². The van der Waals surface area contributed by atoms with Gasteiger partial charge in [0, 0.05) is 12.1 Å². The maximum atomic E-state index is 11.8. The number of carbonyl (C=O) groups excluding carboxylic acids is 2. The maximum Gasteiger partial charge on any atom is 0.306 e. The lowest BCUT2D eigenvalue weighted by atomic mass is 9.87. The number of benzene rings is 1. The second-order valence-corrected chi connectivity index (χ2v) is 6.62. The number of nitrogens with one attached hydrogen (secondary N) is 1. The summed E-state index contributed by atoms with van der Waals surface area (Å²) in [7, 11) is 0. The second-order valence-electron chi connectivity index (χ2n) is 6.62. The molecule has 0 aliphatic heterocycles. The van der Waals surface area contributed by atoms with Crippen molar-refractivity contribution in [2.45, 2.75) is 39.0 Å². The Balaban J connectivity index is 1.73. The summed E-state index contributed by atoms with van der Waals surface area (Å²) in [6.07, 6.45) is 2.20. The first kappa shape index (κ1) is 17.8. The van der Waals surface area contributed by atoms with E-state index in [-0.39, 0.29) is 24.3 Å². The van der Waals surface area contributed by atoms with Crippen LogP contribution in [0, 0.1) is 0 Å². The van der Waals surface area contributed by atoms with E-state index in [2.05, 4.69) is 26.1 Å². The third-order valence-corrected chi connectivity index (χ3v) is 3.55. The number of anilines is 1. The van der Waals surface area contributed by atoms with Gasteiger partial charge in [-0.05, 0) is 35.2 Å². The van der Waals surface area contributed by atoms with Gasteiger partial charge in [-0.3, -0.25) is 9.59 Å². The van der Waals surface area contributed by atoms with Crippen molar-refractivity contribution in [3.63, 3.8) is 0 Å². The van der Waals surface area contributed by atoms with E-state index in [1.807, 2.05) is 24.3 Å². The van der Waals surface area contributed by atoms with Crippen LogP contribution in [0.4, 0.5) is 5.69 Å². The Kier molecular flexibility index (Phi) is 5.79. The van der Waals surface area contributed by atoms with E-state index in [0.29, 0.717) is 12.1 Å². The molecule has 0 radical (unpaired) electrons. The van der Waals surface area contributed by atoms with Crippen molar-refractivity contribution in [2.24, 2.45) is 0 Å². The van der Waals surface area contributed by atoms with Crippen molar-refractivity contribution >= 4 is 17.6 Å². The van der Waals surface area contributed by atoms with Crippen LogP contribution in [0.15, 0.2) is 47.1 Å². The minimum absolute atomic E-state index is 0.0616. The lowest BCUT2D eigenvalue weighted by molar-refractivity contribution is -0.147. The molecule has 0 spiro atoms. The van der Waals surface area contributed by atoms with Crippen molar-refractivity contribution in [2.75, 3.05) is 11.9 Å². The maximum absolute atomic E-state index is 11.8. The van der Waals surface area contributed by atoms with Gasteiger partial charge in [-0.1, -0.05) is 32.9 Å². The zero-order valence-corrected chi connectivity index (χ0v) is 14.3. The number of aryl methyl sites for hydroxylation is 1. The fraction of sp³-hybridized carbons (Fsp3) is 0.368. The third kappa shape index (κ3) is 5.57. The molecule has 1 aromatic carbocycles. The van der Waals surface area contributed by atoms with Crippen molar-refractivity contribution in [1.82, 2.24) is 0 Å². The van der Waals surface area contributed by atoms with E-state index in [4.69, 9.17) is 9.15 Å². The highest BCUT2D eigenvalue weighted by Crippen LogP contribution is 2.23. The number of carbonyl (C=O) groups is 2.